The van der Waals surface area contributed by atoms with Gasteiger partial charge in [0.25, 0.3) is 0 Å². The van der Waals surface area contributed by atoms with Gasteiger partial charge in [-0.15, -0.1) is 0 Å². The lowest BCUT2D eigenvalue weighted by Gasteiger charge is -2.27. The van der Waals surface area contributed by atoms with Crippen molar-refractivity contribution in [2.45, 2.75) is 53.2 Å². The van der Waals surface area contributed by atoms with Crippen molar-refractivity contribution < 1.29 is 9.53 Å². The average molecular weight is 291 g/mol. The highest BCUT2D eigenvalue weighted by atomic mass is 16.6. The van der Waals surface area contributed by atoms with E-state index in [1.165, 1.54) is 5.56 Å². The standard InChI is InChI=1S/C18H29NO2/c1-13(2)16(17(20)21-18(4,5)6)12-19-14(3)15-10-8-7-9-11-15/h7-11,13-14,16,19H,12H2,1-6H3/t14-,16-/m0/s1. The van der Waals surface area contributed by atoms with E-state index in [1.54, 1.807) is 0 Å². The molecule has 0 heterocycles. The topological polar surface area (TPSA) is 38.3 Å². The Morgan fingerprint density at radius 2 is 1.71 bits per heavy atom. The van der Waals surface area contributed by atoms with E-state index in [-0.39, 0.29) is 23.8 Å². The number of carbonyl (C=O) groups excluding carboxylic acids is 1. The van der Waals surface area contributed by atoms with Crippen LogP contribution in [0.25, 0.3) is 0 Å². The molecule has 0 saturated heterocycles. The number of rotatable bonds is 6. The Labute approximate surface area is 129 Å². The third-order valence-electron chi connectivity index (χ3n) is 3.46. The molecule has 0 spiro atoms. The molecule has 0 aliphatic heterocycles. The second-order valence-electron chi connectivity index (χ2n) is 6.92. The van der Waals surface area contributed by atoms with Crippen LogP contribution >= 0.6 is 0 Å². The lowest BCUT2D eigenvalue weighted by atomic mass is 9.95. The molecule has 1 N–H and O–H groups in total. The third kappa shape index (κ3) is 6.30. The molecular formula is C18H29NO2. The Balaban J connectivity index is 2.61. The minimum absolute atomic E-state index is 0.120. The first-order valence-corrected chi connectivity index (χ1v) is 7.72. The van der Waals surface area contributed by atoms with Gasteiger partial charge in [-0.3, -0.25) is 4.79 Å². The van der Waals surface area contributed by atoms with E-state index in [0.717, 1.165) is 0 Å². The van der Waals surface area contributed by atoms with Gasteiger partial charge in [0.15, 0.2) is 0 Å². The Kier molecular flexibility index (Phi) is 6.41. The second kappa shape index (κ2) is 7.60. The Morgan fingerprint density at radius 3 is 2.19 bits per heavy atom. The highest BCUT2D eigenvalue weighted by Crippen LogP contribution is 2.19. The van der Waals surface area contributed by atoms with Crippen molar-refractivity contribution in [2.75, 3.05) is 6.54 Å². The molecule has 0 saturated carbocycles. The van der Waals surface area contributed by atoms with Gasteiger partial charge >= 0.3 is 5.97 Å². The van der Waals surface area contributed by atoms with Crippen molar-refractivity contribution in [1.29, 1.82) is 0 Å². The summed E-state index contributed by atoms with van der Waals surface area (Å²) in [6.45, 7) is 12.6. The molecule has 118 valence electrons. The van der Waals surface area contributed by atoms with Crippen LogP contribution in [0.1, 0.15) is 53.1 Å². The van der Waals surface area contributed by atoms with Crippen molar-refractivity contribution in [3.8, 4) is 0 Å². The maximum absolute atomic E-state index is 12.3. The molecule has 1 aromatic rings. The molecule has 0 amide bonds. The van der Waals surface area contributed by atoms with Crippen molar-refractivity contribution in [2.24, 2.45) is 11.8 Å². The lowest BCUT2D eigenvalue weighted by Crippen LogP contribution is -2.37. The van der Waals surface area contributed by atoms with E-state index in [0.29, 0.717) is 6.54 Å². The molecule has 0 aromatic heterocycles. The largest absolute Gasteiger partial charge is 0.460 e. The van der Waals surface area contributed by atoms with E-state index in [1.807, 2.05) is 39.0 Å². The first-order chi connectivity index (χ1) is 9.70. The minimum atomic E-state index is -0.435. The van der Waals surface area contributed by atoms with Gasteiger partial charge < -0.3 is 10.1 Å². The Bertz CT molecular complexity index is 434. The fourth-order valence-electron chi connectivity index (χ4n) is 2.13. The maximum atomic E-state index is 12.3. The molecule has 0 fully saturated rings. The summed E-state index contributed by atoms with van der Waals surface area (Å²) in [5.74, 6) is -0.00373. The SMILES string of the molecule is CC(C)[C@H](CN[C@@H](C)c1ccccc1)C(=O)OC(C)(C)C. The zero-order chi connectivity index (χ0) is 16.0. The third-order valence-corrected chi connectivity index (χ3v) is 3.46. The minimum Gasteiger partial charge on any atom is -0.460 e. The van der Waals surface area contributed by atoms with Crippen molar-refractivity contribution in [3.05, 3.63) is 35.9 Å². The summed E-state index contributed by atoms with van der Waals surface area (Å²) in [6.07, 6.45) is 0. The molecule has 0 aliphatic rings. The number of ether oxygens (including phenoxy) is 1. The normalized spacial score (nSPS) is 14.8. The summed E-state index contributed by atoms with van der Waals surface area (Å²) in [6, 6.07) is 10.5. The van der Waals surface area contributed by atoms with Gasteiger partial charge in [-0.25, -0.2) is 0 Å². The van der Waals surface area contributed by atoms with Crippen LogP contribution in [0, 0.1) is 11.8 Å². The number of benzene rings is 1. The molecule has 0 radical (unpaired) electrons. The quantitative estimate of drug-likeness (QED) is 0.806. The van der Waals surface area contributed by atoms with E-state index in [4.69, 9.17) is 4.74 Å². The Morgan fingerprint density at radius 1 is 1.14 bits per heavy atom. The first kappa shape index (κ1) is 17.7. The number of esters is 1. The molecule has 1 rings (SSSR count). The van der Waals surface area contributed by atoms with Crippen LogP contribution in [0.2, 0.25) is 0 Å². The van der Waals surface area contributed by atoms with E-state index >= 15 is 0 Å². The number of nitrogens with one attached hydrogen (secondary N) is 1. The van der Waals surface area contributed by atoms with Crippen LogP contribution in [0.3, 0.4) is 0 Å². The van der Waals surface area contributed by atoms with E-state index in [9.17, 15) is 4.79 Å². The van der Waals surface area contributed by atoms with E-state index in [2.05, 4.69) is 38.2 Å². The van der Waals surface area contributed by atoms with Crippen LogP contribution in [-0.2, 0) is 9.53 Å². The highest BCUT2D eigenvalue weighted by Gasteiger charge is 2.27. The predicted octanol–water partition coefficient (Wildman–Crippen LogP) is 3.95. The molecule has 0 aliphatic carbocycles. The second-order valence-corrected chi connectivity index (χ2v) is 6.92. The highest BCUT2D eigenvalue weighted by molar-refractivity contribution is 5.73. The Hall–Kier alpha value is -1.35. The molecule has 21 heavy (non-hydrogen) atoms. The van der Waals surface area contributed by atoms with Gasteiger partial charge in [0, 0.05) is 12.6 Å². The summed E-state index contributed by atoms with van der Waals surface area (Å²) in [4.78, 5) is 12.3. The van der Waals surface area contributed by atoms with Crippen LogP contribution in [-0.4, -0.2) is 18.1 Å². The first-order valence-electron chi connectivity index (χ1n) is 7.72. The fraction of sp³-hybridized carbons (Fsp3) is 0.611. The summed E-state index contributed by atoms with van der Waals surface area (Å²) in [5.41, 5.74) is 0.791. The van der Waals surface area contributed by atoms with Crippen LogP contribution in [0.4, 0.5) is 0 Å². The van der Waals surface area contributed by atoms with Gasteiger partial charge in [0.05, 0.1) is 5.92 Å². The predicted molar refractivity (Wildman–Crippen MR) is 87.0 cm³/mol. The van der Waals surface area contributed by atoms with Crippen LogP contribution < -0.4 is 5.32 Å². The number of hydrogen-bond donors (Lipinski definition) is 1. The fourth-order valence-corrected chi connectivity index (χ4v) is 2.13. The van der Waals surface area contributed by atoms with Crippen molar-refractivity contribution in [1.82, 2.24) is 5.32 Å². The van der Waals surface area contributed by atoms with Gasteiger partial charge in [-0.05, 0) is 39.2 Å². The molecule has 1 aromatic carbocycles. The van der Waals surface area contributed by atoms with Crippen molar-refractivity contribution in [3.63, 3.8) is 0 Å². The molecule has 3 nitrogen and oxygen atoms in total. The monoisotopic (exact) mass is 291 g/mol. The number of carbonyl (C=O) groups is 1. The molecular weight excluding hydrogens is 262 g/mol. The molecule has 0 unspecified atom stereocenters. The molecule has 3 heteroatoms. The summed E-state index contributed by atoms with van der Waals surface area (Å²) in [7, 11) is 0. The zero-order valence-electron chi connectivity index (χ0n) is 14.1. The summed E-state index contributed by atoms with van der Waals surface area (Å²) in [5, 5.41) is 3.45. The lowest BCUT2D eigenvalue weighted by molar-refractivity contribution is -0.161. The smallest absolute Gasteiger partial charge is 0.311 e. The van der Waals surface area contributed by atoms with Gasteiger partial charge in [0.2, 0.25) is 0 Å². The maximum Gasteiger partial charge on any atom is 0.311 e. The van der Waals surface area contributed by atoms with Crippen LogP contribution in [0.15, 0.2) is 30.3 Å². The summed E-state index contributed by atoms with van der Waals surface area (Å²) >= 11 is 0. The average Bonchev–Trinajstić information content (AvgIpc) is 2.37. The number of hydrogen-bond acceptors (Lipinski definition) is 3. The molecule has 2 atom stereocenters. The van der Waals surface area contributed by atoms with Gasteiger partial charge in [-0.1, -0.05) is 44.2 Å². The van der Waals surface area contributed by atoms with Gasteiger partial charge in [0.1, 0.15) is 5.60 Å². The van der Waals surface area contributed by atoms with Gasteiger partial charge in [-0.2, -0.15) is 0 Å². The van der Waals surface area contributed by atoms with Crippen LogP contribution in [0.5, 0.6) is 0 Å². The zero-order valence-corrected chi connectivity index (χ0v) is 14.1. The van der Waals surface area contributed by atoms with Crippen molar-refractivity contribution >= 4 is 5.97 Å². The van der Waals surface area contributed by atoms with E-state index < -0.39 is 5.60 Å². The molecule has 0 bridgehead atoms. The summed E-state index contributed by atoms with van der Waals surface area (Å²) < 4.78 is 5.52.